The van der Waals surface area contributed by atoms with Crippen molar-refractivity contribution in [2.75, 3.05) is 25.0 Å². The highest BCUT2D eigenvalue weighted by atomic mass is 35.5. The van der Waals surface area contributed by atoms with Crippen molar-refractivity contribution in [1.82, 2.24) is 9.88 Å². The lowest BCUT2D eigenvalue weighted by Crippen LogP contribution is -2.26. The molecule has 1 aromatic heterocycles. The molecule has 0 spiro atoms. The molecule has 1 N–H and O–H groups in total. The van der Waals surface area contributed by atoms with E-state index in [0.717, 1.165) is 54.2 Å². The van der Waals surface area contributed by atoms with E-state index in [2.05, 4.69) is 52.5 Å². The van der Waals surface area contributed by atoms with Gasteiger partial charge in [-0.25, -0.2) is 0 Å². The highest BCUT2D eigenvalue weighted by Crippen LogP contribution is 2.24. The van der Waals surface area contributed by atoms with Crippen LogP contribution in [0.1, 0.15) is 25.3 Å². The van der Waals surface area contributed by atoms with E-state index in [1.807, 2.05) is 30.5 Å². The largest absolute Gasteiger partial charge is 0.384 e. The first-order chi connectivity index (χ1) is 12.8. The molecule has 0 atom stereocenters. The Labute approximate surface area is 161 Å². The van der Waals surface area contributed by atoms with Gasteiger partial charge in [-0.1, -0.05) is 48.9 Å². The van der Waals surface area contributed by atoms with E-state index in [1.54, 1.807) is 0 Å². The fraction of sp³-hybridized carbons (Fsp3) is 0.318. The number of pyridine rings is 1. The van der Waals surface area contributed by atoms with Crippen LogP contribution in [0.5, 0.6) is 0 Å². The van der Waals surface area contributed by atoms with E-state index in [4.69, 9.17) is 11.6 Å². The summed E-state index contributed by atoms with van der Waals surface area (Å²) in [5.41, 5.74) is 3.43. The smallest absolute Gasteiger partial charge is 0.0737 e. The second-order valence-electron chi connectivity index (χ2n) is 6.56. The van der Waals surface area contributed by atoms with Crippen LogP contribution < -0.4 is 5.32 Å². The van der Waals surface area contributed by atoms with Crippen molar-refractivity contribution >= 4 is 28.2 Å². The van der Waals surface area contributed by atoms with Gasteiger partial charge in [-0.2, -0.15) is 0 Å². The molecule has 4 heteroatoms. The molecule has 26 heavy (non-hydrogen) atoms. The first kappa shape index (κ1) is 18.7. The van der Waals surface area contributed by atoms with Crippen LogP contribution in [0.3, 0.4) is 0 Å². The maximum Gasteiger partial charge on any atom is 0.0737 e. The molecule has 0 saturated heterocycles. The zero-order valence-corrected chi connectivity index (χ0v) is 16.0. The summed E-state index contributed by atoms with van der Waals surface area (Å²) in [5.74, 6) is 0. The zero-order chi connectivity index (χ0) is 18.2. The number of rotatable bonds is 9. The van der Waals surface area contributed by atoms with Crippen molar-refractivity contribution in [3.05, 3.63) is 71.4 Å². The molecule has 0 saturated carbocycles. The van der Waals surface area contributed by atoms with Crippen LogP contribution in [0.4, 0.5) is 5.69 Å². The van der Waals surface area contributed by atoms with Gasteiger partial charge in [0, 0.05) is 41.9 Å². The van der Waals surface area contributed by atoms with Crippen molar-refractivity contribution < 1.29 is 0 Å². The van der Waals surface area contributed by atoms with Gasteiger partial charge in [0.1, 0.15) is 0 Å². The lowest BCUT2D eigenvalue weighted by atomic mass is 10.2. The van der Waals surface area contributed by atoms with Crippen LogP contribution in [-0.4, -0.2) is 29.5 Å². The third-order valence-corrected chi connectivity index (χ3v) is 4.70. The minimum absolute atomic E-state index is 0.721. The number of benzene rings is 2. The molecule has 0 aliphatic heterocycles. The first-order valence-electron chi connectivity index (χ1n) is 9.30. The minimum atomic E-state index is 0.721. The summed E-state index contributed by atoms with van der Waals surface area (Å²) in [6, 6.07) is 18.6. The average molecular weight is 368 g/mol. The van der Waals surface area contributed by atoms with Gasteiger partial charge in [0.05, 0.1) is 5.52 Å². The van der Waals surface area contributed by atoms with Gasteiger partial charge in [-0.15, -0.1) is 0 Å². The predicted octanol–water partition coefficient (Wildman–Crippen LogP) is 5.60. The molecule has 1 heterocycles. The van der Waals surface area contributed by atoms with Crippen LogP contribution in [0, 0.1) is 0 Å². The molecule has 0 radical (unpaired) electrons. The Morgan fingerprint density at radius 3 is 2.69 bits per heavy atom. The first-order valence-corrected chi connectivity index (χ1v) is 9.68. The second-order valence-corrected chi connectivity index (χ2v) is 7.00. The molecule has 136 valence electrons. The lowest BCUT2D eigenvalue weighted by Gasteiger charge is -2.22. The Kier molecular flexibility index (Phi) is 6.87. The number of nitrogens with zero attached hydrogens (tertiary/aromatic N) is 2. The van der Waals surface area contributed by atoms with Crippen LogP contribution in [0.2, 0.25) is 5.02 Å². The molecule has 0 fully saturated rings. The van der Waals surface area contributed by atoms with E-state index < -0.39 is 0 Å². The normalized spacial score (nSPS) is 11.2. The standard InChI is InChI=1S/C22H26ClN3/c1-2-14-26(17-18-7-4-3-5-8-18)15-6-12-24-21-11-13-25-22-16-19(23)9-10-20(21)22/h3-5,7-11,13,16H,2,6,12,14-15,17H2,1H3,(H,24,25). The monoisotopic (exact) mass is 367 g/mol. The summed E-state index contributed by atoms with van der Waals surface area (Å²) in [6.07, 6.45) is 4.11. The van der Waals surface area contributed by atoms with Gasteiger partial charge >= 0.3 is 0 Å². The predicted molar refractivity (Wildman–Crippen MR) is 112 cm³/mol. The Morgan fingerprint density at radius 2 is 1.88 bits per heavy atom. The molecular formula is C22H26ClN3. The Morgan fingerprint density at radius 1 is 1.04 bits per heavy atom. The summed E-state index contributed by atoms with van der Waals surface area (Å²) in [4.78, 5) is 6.93. The molecule has 3 aromatic rings. The van der Waals surface area contributed by atoms with Gasteiger partial charge in [-0.05, 0) is 49.2 Å². The molecule has 3 nitrogen and oxygen atoms in total. The van der Waals surface area contributed by atoms with Crippen LogP contribution in [0.25, 0.3) is 10.9 Å². The van der Waals surface area contributed by atoms with Gasteiger partial charge in [0.15, 0.2) is 0 Å². The Hall–Kier alpha value is -2.10. The van der Waals surface area contributed by atoms with Crippen molar-refractivity contribution in [2.45, 2.75) is 26.3 Å². The quantitative estimate of drug-likeness (QED) is 0.499. The van der Waals surface area contributed by atoms with Gasteiger partial charge in [0.2, 0.25) is 0 Å². The van der Waals surface area contributed by atoms with Crippen molar-refractivity contribution in [3.8, 4) is 0 Å². The zero-order valence-electron chi connectivity index (χ0n) is 15.3. The lowest BCUT2D eigenvalue weighted by molar-refractivity contribution is 0.265. The van der Waals surface area contributed by atoms with Crippen LogP contribution >= 0.6 is 11.6 Å². The third kappa shape index (κ3) is 5.20. The minimum Gasteiger partial charge on any atom is -0.384 e. The molecule has 0 aliphatic rings. The molecule has 0 amide bonds. The fourth-order valence-corrected chi connectivity index (χ4v) is 3.40. The highest BCUT2D eigenvalue weighted by molar-refractivity contribution is 6.31. The number of aromatic nitrogens is 1. The van der Waals surface area contributed by atoms with E-state index in [9.17, 15) is 0 Å². The Balaban J connectivity index is 1.54. The van der Waals surface area contributed by atoms with Crippen molar-refractivity contribution in [2.24, 2.45) is 0 Å². The Bertz CT molecular complexity index is 820. The number of hydrogen-bond donors (Lipinski definition) is 1. The third-order valence-electron chi connectivity index (χ3n) is 4.46. The van der Waals surface area contributed by atoms with Crippen LogP contribution in [-0.2, 0) is 6.54 Å². The molecule has 0 bridgehead atoms. The average Bonchev–Trinajstić information content (AvgIpc) is 2.66. The topological polar surface area (TPSA) is 28.2 Å². The number of hydrogen-bond acceptors (Lipinski definition) is 3. The summed E-state index contributed by atoms with van der Waals surface area (Å²) in [7, 11) is 0. The molecule has 2 aromatic carbocycles. The van der Waals surface area contributed by atoms with E-state index in [-0.39, 0.29) is 0 Å². The summed E-state index contributed by atoms with van der Waals surface area (Å²) < 4.78 is 0. The number of fused-ring (bicyclic) bond motifs is 1. The number of anilines is 1. The van der Waals surface area contributed by atoms with Gasteiger partial charge in [0.25, 0.3) is 0 Å². The summed E-state index contributed by atoms with van der Waals surface area (Å²) >= 11 is 6.06. The van der Waals surface area contributed by atoms with Gasteiger partial charge in [-0.3, -0.25) is 9.88 Å². The summed E-state index contributed by atoms with van der Waals surface area (Å²) in [5, 5.41) is 5.40. The highest BCUT2D eigenvalue weighted by Gasteiger charge is 2.06. The number of nitrogens with one attached hydrogen (secondary N) is 1. The second kappa shape index (κ2) is 9.56. The van der Waals surface area contributed by atoms with E-state index in [1.165, 1.54) is 12.0 Å². The van der Waals surface area contributed by atoms with E-state index >= 15 is 0 Å². The van der Waals surface area contributed by atoms with Gasteiger partial charge < -0.3 is 5.32 Å². The molecule has 0 unspecified atom stereocenters. The van der Waals surface area contributed by atoms with E-state index in [0.29, 0.717) is 0 Å². The fourth-order valence-electron chi connectivity index (χ4n) is 3.23. The maximum atomic E-state index is 6.06. The van der Waals surface area contributed by atoms with Crippen molar-refractivity contribution in [1.29, 1.82) is 0 Å². The summed E-state index contributed by atoms with van der Waals surface area (Å²) in [6.45, 7) is 6.42. The number of halogens is 1. The van der Waals surface area contributed by atoms with Crippen LogP contribution in [0.15, 0.2) is 60.8 Å². The molecule has 3 rings (SSSR count). The molecular weight excluding hydrogens is 342 g/mol. The maximum absolute atomic E-state index is 6.06. The molecule has 0 aliphatic carbocycles. The van der Waals surface area contributed by atoms with Crippen molar-refractivity contribution in [3.63, 3.8) is 0 Å². The SMILES string of the molecule is CCCN(CCCNc1ccnc2cc(Cl)ccc12)Cc1ccccc1.